The average Bonchev–Trinajstić information content (AvgIpc) is 2.19. The molecule has 1 aromatic rings. The van der Waals surface area contributed by atoms with Crippen LogP contribution in [0, 0.1) is 5.82 Å². The summed E-state index contributed by atoms with van der Waals surface area (Å²) in [6, 6.07) is 7.98. The van der Waals surface area contributed by atoms with Crippen LogP contribution in [0.1, 0.15) is 12.5 Å². The molecule has 0 bridgehead atoms. The molecule has 0 saturated carbocycles. The zero-order chi connectivity index (χ0) is 11.5. The molecular formula is C13H19FN2. The first-order valence-electron chi connectivity index (χ1n) is 5.84. The minimum atomic E-state index is -0.159. The topological polar surface area (TPSA) is 15.3 Å². The van der Waals surface area contributed by atoms with Gasteiger partial charge < -0.3 is 5.32 Å². The van der Waals surface area contributed by atoms with Crippen molar-refractivity contribution in [1.82, 2.24) is 10.2 Å². The second-order valence-corrected chi connectivity index (χ2v) is 4.66. The van der Waals surface area contributed by atoms with Crippen molar-refractivity contribution in [3.63, 3.8) is 0 Å². The lowest BCUT2D eigenvalue weighted by Crippen LogP contribution is -2.58. The molecule has 2 rings (SSSR count). The van der Waals surface area contributed by atoms with E-state index in [0.717, 1.165) is 19.5 Å². The van der Waals surface area contributed by atoms with Gasteiger partial charge in [-0.05, 0) is 38.1 Å². The molecule has 0 amide bonds. The molecule has 1 unspecified atom stereocenters. The first kappa shape index (κ1) is 11.6. The van der Waals surface area contributed by atoms with E-state index >= 15 is 0 Å². The molecular weight excluding hydrogens is 203 g/mol. The van der Waals surface area contributed by atoms with Crippen molar-refractivity contribution in [3.8, 4) is 0 Å². The quantitative estimate of drug-likeness (QED) is 0.833. The summed E-state index contributed by atoms with van der Waals surface area (Å²) in [4.78, 5) is 2.40. The third-order valence-electron chi connectivity index (χ3n) is 3.48. The Bertz CT molecular complexity index is 332. The fourth-order valence-electron chi connectivity index (χ4n) is 2.03. The Balaban J connectivity index is 1.90. The van der Waals surface area contributed by atoms with Crippen LogP contribution in [0.2, 0.25) is 0 Å². The highest BCUT2D eigenvalue weighted by molar-refractivity contribution is 5.17. The number of hydrogen-bond donors (Lipinski definition) is 1. The van der Waals surface area contributed by atoms with Gasteiger partial charge in [0.15, 0.2) is 0 Å². The highest BCUT2D eigenvalue weighted by atomic mass is 19.1. The third kappa shape index (κ3) is 2.60. The van der Waals surface area contributed by atoms with Gasteiger partial charge in [0.2, 0.25) is 0 Å². The summed E-state index contributed by atoms with van der Waals surface area (Å²) < 4.78 is 12.8. The lowest BCUT2D eigenvalue weighted by atomic mass is 10.0. The van der Waals surface area contributed by atoms with Gasteiger partial charge in [0.05, 0.1) is 0 Å². The van der Waals surface area contributed by atoms with Crippen LogP contribution in [0.15, 0.2) is 24.3 Å². The maximum Gasteiger partial charge on any atom is 0.123 e. The fourth-order valence-corrected chi connectivity index (χ4v) is 2.03. The molecule has 1 fully saturated rings. The van der Waals surface area contributed by atoms with Gasteiger partial charge in [0, 0.05) is 25.2 Å². The molecule has 1 aliphatic heterocycles. The number of benzene rings is 1. The number of likely N-dealkylation sites (N-methyl/N-ethyl adjacent to an activating group) is 1. The van der Waals surface area contributed by atoms with Crippen LogP contribution in [0.4, 0.5) is 4.39 Å². The van der Waals surface area contributed by atoms with E-state index in [1.54, 1.807) is 0 Å². The van der Waals surface area contributed by atoms with Gasteiger partial charge in [0.25, 0.3) is 0 Å². The lowest BCUT2D eigenvalue weighted by molar-refractivity contribution is 0.135. The molecule has 0 radical (unpaired) electrons. The van der Waals surface area contributed by atoms with Gasteiger partial charge in [0.1, 0.15) is 5.82 Å². The molecule has 0 aliphatic carbocycles. The Morgan fingerprint density at radius 2 is 2.00 bits per heavy atom. The van der Waals surface area contributed by atoms with Crippen molar-refractivity contribution < 1.29 is 4.39 Å². The van der Waals surface area contributed by atoms with Crippen LogP contribution in [-0.4, -0.2) is 37.1 Å². The highest BCUT2D eigenvalue weighted by Crippen LogP contribution is 2.12. The summed E-state index contributed by atoms with van der Waals surface area (Å²) in [5, 5.41) is 3.28. The van der Waals surface area contributed by atoms with Gasteiger partial charge >= 0.3 is 0 Å². The Kier molecular flexibility index (Phi) is 3.56. The molecule has 3 heteroatoms. The predicted octanol–water partition coefficient (Wildman–Crippen LogP) is 1.66. The minimum absolute atomic E-state index is 0.159. The highest BCUT2D eigenvalue weighted by Gasteiger charge is 2.24. The molecule has 0 spiro atoms. The Morgan fingerprint density at radius 1 is 1.38 bits per heavy atom. The fraction of sp³-hybridized carbons (Fsp3) is 0.538. The van der Waals surface area contributed by atoms with Crippen molar-refractivity contribution in [3.05, 3.63) is 35.6 Å². The molecule has 1 N–H and O–H groups in total. The van der Waals surface area contributed by atoms with Crippen LogP contribution in [0.25, 0.3) is 0 Å². The first-order chi connectivity index (χ1) is 7.66. The number of hydrogen-bond acceptors (Lipinski definition) is 2. The van der Waals surface area contributed by atoms with Crippen LogP contribution >= 0.6 is 0 Å². The van der Waals surface area contributed by atoms with Crippen molar-refractivity contribution in [2.45, 2.75) is 25.4 Å². The molecule has 1 aromatic carbocycles. The zero-order valence-electron chi connectivity index (χ0n) is 9.91. The number of nitrogens with one attached hydrogen (secondary N) is 1. The SMILES string of the molecule is CC(Cc1ccc(F)cc1)N(C)C1CNC1. The third-order valence-corrected chi connectivity index (χ3v) is 3.48. The first-order valence-corrected chi connectivity index (χ1v) is 5.84. The number of halogens is 1. The summed E-state index contributed by atoms with van der Waals surface area (Å²) in [5.41, 5.74) is 1.20. The molecule has 1 saturated heterocycles. The molecule has 1 atom stereocenters. The summed E-state index contributed by atoms with van der Waals surface area (Å²) in [6.07, 6.45) is 0.979. The van der Waals surface area contributed by atoms with Crippen molar-refractivity contribution in [2.24, 2.45) is 0 Å². The lowest BCUT2D eigenvalue weighted by Gasteiger charge is -2.39. The summed E-state index contributed by atoms with van der Waals surface area (Å²) in [5.74, 6) is -0.159. The number of nitrogens with zero attached hydrogens (tertiary/aromatic N) is 1. The monoisotopic (exact) mass is 222 g/mol. The van der Waals surface area contributed by atoms with Crippen molar-refractivity contribution >= 4 is 0 Å². The van der Waals surface area contributed by atoms with E-state index < -0.39 is 0 Å². The van der Waals surface area contributed by atoms with E-state index in [9.17, 15) is 4.39 Å². The van der Waals surface area contributed by atoms with E-state index in [0.29, 0.717) is 12.1 Å². The molecule has 2 nitrogen and oxygen atoms in total. The zero-order valence-corrected chi connectivity index (χ0v) is 9.91. The second-order valence-electron chi connectivity index (χ2n) is 4.66. The normalized spacial score (nSPS) is 18.5. The van der Waals surface area contributed by atoms with Gasteiger partial charge in [-0.15, -0.1) is 0 Å². The van der Waals surface area contributed by atoms with E-state index in [1.807, 2.05) is 12.1 Å². The Morgan fingerprint density at radius 3 is 2.50 bits per heavy atom. The largest absolute Gasteiger partial charge is 0.314 e. The Labute approximate surface area is 96.5 Å². The van der Waals surface area contributed by atoms with E-state index in [-0.39, 0.29) is 5.82 Å². The summed E-state index contributed by atoms with van der Waals surface area (Å²) >= 11 is 0. The molecule has 0 aromatic heterocycles. The minimum Gasteiger partial charge on any atom is -0.314 e. The summed E-state index contributed by atoms with van der Waals surface area (Å²) in [7, 11) is 2.17. The summed E-state index contributed by atoms with van der Waals surface area (Å²) in [6.45, 7) is 4.40. The molecule has 1 aliphatic rings. The van der Waals surface area contributed by atoms with Crippen molar-refractivity contribution in [1.29, 1.82) is 0 Å². The van der Waals surface area contributed by atoms with E-state index in [1.165, 1.54) is 17.7 Å². The Hall–Kier alpha value is -0.930. The van der Waals surface area contributed by atoms with Gasteiger partial charge in [-0.1, -0.05) is 12.1 Å². The van der Waals surface area contributed by atoms with Gasteiger partial charge in [-0.2, -0.15) is 0 Å². The number of rotatable bonds is 4. The van der Waals surface area contributed by atoms with E-state index in [4.69, 9.17) is 0 Å². The smallest absolute Gasteiger partial charge is 0.123 e. The van der Waals surface area contributed by atoms with Gasteiger partial charge in [-0.3, -0.25) is 4.90 Å². The van der Waals surface area contributed by atoms with Crippen LogP contribution in [-0.2, 0) is 6.42 Å². The maximum absolute atomic E-state index is 12.8. The maximum atomic E-state index is 12.8. The average molecular weight is 222 g/mol. The van der Waals surface area contributed by atoms with Crippen LogP contribution < -0.4 is 5.32 Å². The van der Waals surface area contributed by atoms with Crippen molar-refractivity contribution in [2.75, 3.05) is 20.1 Å². The standard InChI is InChI=1S/C13H19FN2/c1-10(16(2)13-8-15-9-13)7-11-3-5-12(14)6-4-11/h3-6,10,13,15H,7-9H2,1-2H3. The second kappa shape index (κ2) is 4.93. The molecule has 88 valence electrons. The molecule has 16 heavy (non-hydrogen) atoms. The van der Waals surface area contributed by atoms with Crippen LogP contribution in [0.3, 0.4) is 0 Å². The predicted molar refractivity (Wildman–Crippen MR) is 64.0 cm³/mol. The molecule has 1 heterocycles. The van der Waals surface area contributed by atoms with Crippen LogP contribution in [0.5, 0.6) is 0 Å². The van der Waals surface area contributed by atoms with E-state index in [2.05, 4.69) is 24.2 Å². The van der Waals surface area contributed by atoms with Gasteiger partial charge in [-0.25, -0.2) is 4.39 Å².